The number of halogens is 4. The maximum Gasteiger partial charge on any atom is 0.574 e. The molecule has 2 heterocycles. The van der Waals surface area contributed by atoms with Crippen molar-refractivity contribution in [1.82, 2.24) is 9.88 Å². The van der Waals surface area contributed by atoms with Gasteiger partial charge in [-0.15, -0.1) is 13.2 Å². The summed E-state index contributed by atoms with van der Waals surface area (Å²) in [5.74, 6) is -0.492. The quantitative estimate of drug-likeness (QED) is 0.689. The van der Waals surface area contributed by atoms with Crippen LogP contribution < -0.4 is 4.74 Å². The highest BCUT2D eigenvalue weighted by atomic mass is 35.5. The van der Waals surface area contributed by atoms with Gasteiger partial charge < -0.3 is 14.4 Å². The normalized spacial score (nSPS) is 18.6. The van der Waals surface area contributed by atoms with E-state index in [0.717, 1.165) is 12.8 Å². The highest BCUT2D eigenvalue weighted by molar-refractivity contribution is 6.29. The van der Waals surface area contributed by atoms with Crippen LogP contribution in [0.3, 0.4) is 0 Å². The molecule has 0 bridgehead atoms. The molecule has 0 aliphatic carbocycles. The fourth-order valence-electron chi connectivity index (χ4n) is 2.87. The van der Waals surface area contributed by atoms with Crippen LogP contribution >= 0.6 is 11.6 Å². The molecule has 1 amide bonds. The number of aromatic nitrogens is 1. The maximum atomic E-state index is 12.4. The van der Waals surface area contributed by atoms with E-state index in [9.17, 15) is 18.0 Å². The number of carbonyl (C=O) groups excluding carboxylic acids is 1. The second-order valence-electron chi connectivity index (χ2n) is 7.32. The molecule has 0 spiro atoms. The Morgan fingerprint density at radius 3 is 2.65 bits per heavy atom. The molecule has 1 aromatic rings. The number of carbonyl (C=O) groups is 1. The van der Waals surface area contributed by atoms with Crippen molar-refractivity contribution in [2.24, 2.45) is 5.92 Å². The van der Waals surface area contributed by atoms with Crippen molar-refractivity contribution in [3.05, 3.63) is 22.8 Å². The van der Waals surface area contributed by atoms with Crippen molar-refractivity contribution < 1.29 is 27.4 Å². The minimum atomic E-state index is -4.83. The second-order valence-corrected chi connectivity index (χ2v) is 7.71. The molecule has 1 aliphatic rings. The largest absolute Gasteiger partial charge is 0.574 e. The topological polar surface area (TPSA) is 51.7 Å². The lowest BCUT2D eigenvalue weighted by Gasteiger charge is -2.34. The van der Waals surface area contributed by atoms with Gasteiger partial charge in [0, 0.05) is 19.2 Å². The van der Waals surface area contributed by atoms with Gasteiger partial charge in [-0.3, -0.25) is 0 Å². The predicted molar refractivity (Wildman–Crippen MR) is 90.2 cm³/mol. The lowest BCUT2D eigenvalue weighted by Crippen LogP contribution is -2.43. The summed E-state index contributed by atoms with van der Waals surface area (Å²) in [6, 6.07) is 2.74. The fraction of sp³-hybridized carbons (Fsp3) is 0.647. The van der Waals surface area contributed by atoms with Crippen LogP contribution in [0.25, 0.3) is 0 Å². The first-order chi connectivity index (χ1) is 11.9. The smallest absolute Gasteiger partial charge is 0.444 e. The Balaban J connectivity index is 2.03. The average Bonchev–Trinajstić information content (AvgIpc) is 2.43. The molecule has 0 aromatic carbocycles. The average molecular weight is 395 g/mol. The van der Waals surface area contributed by atoms with E-state index < -0.39 is 17.8 Å². The molecule has 2 rings (SSSR count). The SMILES string of the molecule is CC(C)(C)OC(=O)N1CCC[C@H](Cc2cc(Cl)nc(OC(F)(F)F)c2)C1. The Kier molecular flexibility index (Phi) is 6.26. The van der Waals surface area contributed by atoms with Gasteiger partial charge in [0.15, 0.2) is 0 Å². The molecule has 5 nitrogen and oxygen atoms in total. The number of hydrogen-bond acceptors (Lipinski definition) is 4. The summed E-state index contributed by atoms with van der Waals surface area (Å²) in [5.41, 5.74) is 0.00670. The first-order valence-corrected chi connectivity index (χ1v) is 8.69. The lowest BCUT2D eigenvalue weighted by atomic mass is 9.92. The van der Waals surface area contributed by atoms with Crippen molar-refractivity contribution >= 4 is 17.7 Å². The number of likely N-dealkylation sites (tertiary alicyclic amines) is 1. The number of ether oxygens (including phenoxy) is 2. The molecule has 26 heavy (non-hydrogen) atoms. The molecule has 0 unspecified atom stereocenters. The molecule has 0 saturated carbocycles. The minimum absolute atomic E-state index is 0.0680. The Morgan fingerprint density at radius 1 is 1.35 bits per heavy atom. The van der Waals surface area contributed by atoms with Gasteiger partial charge in [-0.2, -0.15) is 0 Å². The van der Waals surface area contributed by atoms with Crippen LogP contribution in [-0.2, 0) is 11.2 Å². The van der Waals surface area contributed by atoms with Crippen molar-refractivity contribution in [1.29, 1.82) is 0 Å². The van der Waals surface area contributed by atoms with Gasteiger partial charge in [-0.1, -0.05) is 11.6 Å². The van der Waals surface area contributed by atoms with E-state index in [1.54, 1.807) is 25.7 Å². The number of pyridine rings is 1. The highest BCUT2D eigenvalue weighted by Crippen LogP contribution is 2.27. The van der Waals surface area contributed by atoms with Gasteiger partial charge in [-0.05, 0) is 57.6 Å². The number of nitrogens with zero attached hydrogens (tertiary/aromatic N) is 2. The Labute approximate surface area is 155 Å². The van der Waals surface area contributed by atoms with Gasteiger partial charge in [0.2, 0.25) is 5.88 Å². The molecule has 1 aliphatic heterocycles. The summed E-state index contributed by atoms with van der Waals surface area (Å²) in [5, 5.41) is -0.0680. The third-order valence-electron chi connectivity index (χ3n) is 3.75. The summed E-state index contributed by atoms with van der Waals surface area (Å²) in [7, 11) is 0. The first-order valence-electron chi connectivity index (χ1n) is 8.31. The molecule has 0 radical (unpaired) electrons. The Morgan fingerprint density at radius 2 is 2.04 bits per heavy atom. The first kappa shape index (κ1) is 20.6. The standard InChI is InChI=1S/C17H22ClF3N2O3/c1-16(2,3)26-15(24)23-6-4-5-11(10-23)7-12-8-13(18)22-14(9-12)25-17(19,20)21/h8-9,11H,4-7,10H2,1-3H3/t11-/m1/s1. The van der Waals surface area contributed by atoms with Crippen LogP contribution in [0.1, 0.15) is 39.2 Å². The molecular weight excluding hydrogens is 373 g/mol. The zero-order valence-corrected chi connectivity index (χ0v) is 15.7. The van der Waals surface area contributed by atoms with E-state index in [1.807, 2.05) is 0 Å². The molecule has 1 saturated heterocycles. The summed E-state index contributed by atoms with van der Waals surface area (Å²) >= 11 is 5.81. The molecule has 146 valence electrons. The fourth-order valence-corrected chi connectivity index (χ4v) is 3.09. The molecule has 1 atom stereocenters. The van der Waals surface area contributed by atoms with Gasteiger partial charge >= 0.3 is 12.5 Å². The number of amides is 1. The monoisotopic (exact) mass is 394 g/mol. The predicted octanol–water partition coefficient (Wildman–Crippen LogP) is 4.82. The van der Waals surface area contributed by atoms with Gasteiger partial charge in [0.05, 0.1) is 0 Å². The number of rotatable bonds is 3. The van der Waals surface area contributed by atoms with Gasteiger partial charge in [0.1, 0.15) is 10.8 Å². The van der Waals surface area contributed by atoms with Gasteiger partial charge in [-0.25, -0.2) is 9.78 Å². The van der Waals surface area contributed by atoms with E-state index in [4.69, 9.17) is 16.3 Å². The number of alkyl halides is 3. The maximum absolute atomic E-state index is 12.4. The van der Waals surface area contributed by atoms with Crippen LogP contribution in [-0.4, -0.2) is 41.0 Å². The van der Waals surface area contributed by atoms with Crippen molar-refractivity contribution in [3.63, 3.8) is 0 Å². The zero-order chi connectivity index (χ0) is 19.5. The summed E-state index contributed by atoms with van der Waals surface area (Å²) in [4.78, 5) is 17.4. The van der Waals surface area contributed by atoms with Crippen LogP contribution in [0.4, 0.5) is 18.0 Å². The van der Waals surface area contributed by atoms with Crippen LogP contribution in [0.5, 0.6) is 5.88 Å². The van der Waals surface area contributed by atoms with Crippen LogP contribution in [0, 0.1) is 5.92 Å². The van der Waals surface area contributed by atoms with Crippen LogP contribution in [0.2, 0.25) is 5.15 Å². The summed E-state index contributed by atoms with van der Waals surface area (Å²) in [6.45, 7) is 6.48. The summed E-state index contributed by atoms with van der Waals surface area (Å²) < 4.78 is 46.4. The zero-order valence-electron chi connectivity index (χ0n) is 14.9. The molecular formula is C17H22ClF3N2O3. The number of hydrogen-bond donors (Lipinski definition) is 0. The minimum Gasteiger partial charge on any atom is -0.444 e. The van der Waals surface area contributed by atoms with E-state index >= 15 is 0 Å². The molecule has 1 aromatic heterocycles. The van der Waals surface area contributed by atoms with Crippen molar-refractivity contribution in [2.45, 2.75) is 52.0 Å². The van der Waals surface area contributed by atoms with E-state index in [1.165, 1.54) is 12.1 Å². The van der Waals surface area contributed by atoms with E-state index in [-0.39, 0.29) is 17.2 Å². The molecule has 0 N–H and O–H groups in total. The van der Waals surface area contributed by atoms with Crippen LogP contribution in [0.15, 0.2) is 12.1 Å². The number of piperidine rings is 1. The van der Waals surface area contributed by atoms with E-state index in [2.05, 4.69) is 9.72 Å². The van der Waals surface area contributed by atoms with Crippen molar-refractivity contribution in [2.75, 3.05) is 13.1 Å². The third-order valence-corrected chi connectivity index (χ3v) is 3.94. The van der Waals surface area contributed by atoms with Crippen molar-refractivity contribution in [3.8, 4) is 5.88 Å². The second kappa shape index (κ2) is 7.90. The molecule has 9 heteroatoms. The van der Waals surface area contributed by atoms with Gasteiger partial charge in [0.25, 0.3) is 0 Å². The molecule has 1 fully saturated rings. The summed E-state index contributed by atoms with van der Waals surface area (Å²) in [6.07, 6.45) is -3.08. The highest BCUT2D eigenvalue weighted by Gasteiger charge is 2.32. The van der Waals surface area contributed by atoms with E-state index in [0.29, 0.717) is 25.1 Å². The Bertz CT molecular complexity index is 647. The lowest BCUT2D eigenvalue weighted by molar-refractivity contribution is -0.276. The Hall–Kier alpha value is -1.70. The third kappa shape index (κ3) is 6.90.